The van der Waals surface area contributed by atoms with Gasteiger partial charge in [0.15, 0.2) is 0 Å². The molecule has 0 saturated heterocycles. The summed E-state index contributed by atoms with van der Waals surface area (Å²) < 4.78 is 5.97. The fourth-order valence-electron chi connectivity index (χ4n) is 2.07. The minimum atomic E-state index is -0.289. The molecular formula is C12H12BrNO3. The Morgan fingerprint density at radius 1 is 1.53 bits per heavy atom. The molecule has 90 valence electrons. The minimum Gasteiger partial charge on any atom is -0.496 e. The van der Waals surface area contributed by atoms with Crippen LogP contribution in [0.3, 0.4) is 0 Å². The first-order valence-electron chi connectivity index (χ1n) is 5.21. The number of nitrogens with one attached hydrogen (secondary N) is 1. The number of amides is 1. The fraction of sp³-hybridized carbons (Fsp3) is 0.333. The van der Waals surface area contributed by atoms with Crippen molar-refractivity contribution in [2.24, 2.45) is 0 Å². The maximum Gasteiger partial charge on any atom is 0.253 e. The molecular weight excluding hydrogens is 286 g/mol. The highest BCUT2D eigenvalue weighted by Crippen LogP contribution is 2.39. The molecule has 0 saturated carbocycles. The van der Waals surface area contributed by atoms with Gasteiger partial charge in [0.25, 0.3) is 5.91 Å². The van der Waals surface area contributed by atoms with E-state index >= 15 is 0 Å². The summed E-state index contributed by atoms with van der Waals surface area (Å²) in [6.07, 6.45) is 0.283. The zero-order valence-corrected chi connectivity index (χ0v) is 11.1. The molecule has 1 N–H and O–H groups in total. The van der Waals surface area contributed by atoms with Crippen LogP contribution in [0.4, 0.5) is 0 Å². The van der Waals surface area contributed by atoms with Crippen LogP contribution in [0.15, 0.2) is 16.6 Å². The third-order valence-corrected chi connectivity index (χ3v) is 3.41. The topological polar surface area (TPSA) is 55.4 Å². The van der Waals surface area contributed by atoms with Gasteiger partial charge in [-0.15, -0.1) is 0 Å². The highest BCUT2D eigenvalue weighted by Gasteiger charge is 2.34. The Balaban J connectivity index is 2.54. The van der Waals surface area contributed by atoms with Crippen LogP contribution in [-0.4, -0.2) is 18.8 Å². The Hall–Kier alpha value is -1.36. The molecule has 1 unspecified atom stereocenters. The minimum absolute atomic E-state index is 0.0326. The lowest BCUT2D eigenvalue weighted by atomic mass is 10.00. The molecule has 0 aromatic heterocycles. The molecule has 2 rings (SSSR count). The van der Waals surface area contributed by atoms with Crippen molar-refractivity contribution in [3.05, 3.63) is 27.7 Å². The van der Waals surface area contributed by atoms with Gasteiger partial charge in [-0.2, -0.15) is 0 Å². The van der Waals surface area contributed by atoms with Crippen LogP contribution in [0, 0.1) is 0 Å². The Bertz CT molecular complexity index is 499. The largest absolute Gasteiger partial charge is 0.496 e. The summed E-state index contributed by atoms with van der Waals surface area (Å²) in [6, 6.07) is 3.27. The summed E-state index contributed by atoms with van der Waals surface area (Å²) in [7, 11) is 1.55. The first-order chi connectivity index (χ1) is 8.04. The van der Waals surface area contributed by atoms with Gasteiger partial charge in [0, 0.05) is 16.5 Å². The number of hydrogen-bond acceptors (Lipinski definition) is 3. The first kappa shape index (κ1) is 12.1. The Kier molecular flexibility index (Phi) is 3.19. The van der Waals surface area contributed by atoms with Crippen LogP contribution in [0.5, 0.6) is 5.75 Å². The van der Waals surface area contributed by atoms with E-state index in [0.29, 0.717) is 11.3 Å². The summed E-state index contributed by atoms with van der Waals surface area (Å²) in [5.74, 6) is 0.495. The maximum absolute atomic E-state index is 11.8. The zero-order chi connectivity index (χ0) is 12.6. The lowest BCUT2D eigenvalue weighted by molar-refractivity contribution is -0.117. The van der Waals surface area contributed by atoms with Crippen LogP contribution in [0.25, 0.3) is 0 Å². The second kappa shape index (κ2) is 4.49. The van der Waals surface area contributed by atoms with Crippen molar-refractivity contribution in [2.45, 2.75) is 19.4 Å². The first-order valence-corrected chi connectivity index (χ1v) is 6.00. The maximum atomic E-state index is 11.8. The number of fused-ring (bicyclic) bond motifs is 1. The van der Waals surface area contributed by atoms with Gasteiger partial charge in [0.05, 0.1) is 18.7 Å². The number of ether oxygens (including phenoxy) is 1. The lowest BCUT2D eigenvalue weighted by Crippen LogP contribution is -2.20. The van der Waals surface area contributed by atoms with Crippen LogP contribution in [0.1, 0.15) is 35.3 Å². The third-order valence-electron chi connectivity index (χ3n) is 2.75. The van der Waals surface area contributed by atoms with Gasteiger partial charge >= 0.3 is 0 Å². The van der Waals surface area contributed by atoms with Crippen molar-refractivity contribution < 1.29 is 14.3 Å². The highest BCUT2D eigenvalue weighted by molar-refractivity contribution is 9.10. The Morgan fingerprint density at radius 3 is 2.82 bits per heavy atom. The number of carbonyl (C=O) groups excluding carboxylic acids is 2. The van der Waals surface area contributed by atoms with Crippen molar-refractivity contribution in [1.29, 1.82) is 0 Å². The van der Waals surface area contributed by atoms with Crippen LogP contribution in [0.2, 0.25) is 0 Å². The van der Waals surface area contributed by atoms with Gasteiger partial charge in [-0.25, -0.2) is 0 Å². The lowest BCUT2D eigenvalue weighted by Gasteiger charge is -2.13. The number of benzene rings is 1. The van der Waals surface area contributed by atoms with Crippen LogP contribution < -0.4 is 10.1 Å². The molecule has 1 aliphatic rings. The van der Waals surface area contributed by atoms with Crippen molar-refractivity contribution in [2.75, 3.05) is 7.11 Å². The molecule has 0 radical (unpaired) electrons. The van der Waals surface area contributed by atoms with Crippen LogP contribution in [-0.2, 0) is 4.79 Å². The molecule has 0 bridgehead atoms. The number of methoxy groups -OCH3 is 1. The standard InChI is InChI=1S/C12H12BrNO3/c1-6(15)5-8-11-9(17-2)4-3-7(13)10(11)12(16)14-8/h3-4,8H,5H2,1-2H3,(H,14,16). The second-order valence-electron chi connectivity index (χ2n) is 3.97. The molecule has 0 spiro atoms. The molecule has 17 heavy (non-hydrogen) atoms. The molecule has 1 heterocycles. The van der Waals surface area contributed by atoms with E-state index in [1.165, 1.54) is 6.92 Å². The van der Waals surface area contributed by atoms with Gasteiger partial charge in [-0.05, 0) is 35.0 Å². The number of halogens is 1. The number of hydrogen-bond donors (Lipinski definition) is 1. The monoisotopic (exact) mass is 297 g/mol. The number of Topliss-reactive ketones (excluding diaryl/α,β-unsaturated/α-hetero) is 1. The summed E-state index contributed by atoms with van der Waals surface area (Å²) in [5, 5.41) is 2.80. The predicted molar refractivity (Wildman–Crippen MR) is 66.2 cm³/mol. The SMILES string of the molecule is COc1ccc(Br)c2c1C(CC(C)=O)NC2=O. The van der Waals surface area contributed by atoms with Gasteiger partial charge in [0.2, 0.25) is 0 Å². The Labute approximate surface area is 107 Å². The van der Waals surface area contributed by atoms with E-state index in [9.17, 15) is 9.59 Å². The van der Waals surface area contributed by atoms with E-state index in [1.54, 1.807) is 19.2 Å². The van der Waals surface area contributed by atoms with Gasteiger partial charge < -0.3 is 10.1 Å². The average molecular weight is 298 g/mol. The highest BCUT2D eigenvalue weighted by atomic mass is 79.9. The smallest absolute Gasteiger partial charge is 0.253 e. The van der Waals surface area contributed by atoms with Crippen LogP contribution >= 0.6 is 15.9 Å². The number of ketones is 1. The summed E-state index contributed by atoms with van der Waals surface area (Å²) >= 11 is 3.34. The van der Waals surface area contributed by atoms with Crippen molar-refractivity contribution >= 4 is 27.6 Å². The summed E-state index contributed by atoms with van der Waals surface area (Å²) in [4.78, 5) is 23.0. The third kappa shape index (κ3) is 2.07. The summed E-state index contributed by atoms with van der Waals surface area (Å²) in [5.41, 5.74) is 1.33. The van der Waals surface area contributed by atoms with Crippen molar-refractivity contribution in [1.82, 2.24) is 5.32 Å². The molecule has 1 aromatic rings. The summed E-state index contributed by atoms with van der Waals surface area (Å²) in [6.45, 7) is 1.51. The van der Waals surface area contributed by atoms with Gasteiger partial charge in [0.1, 0.15) is 11.5 Å². The fourth-order valence-corrected chi connectivity index (χ4v) is 2.60. The molecule has 5 heteroatoms. The second-order valence-corrected chi connectivity index (χ2v) is 4.82. The van der Waals surface area contributed by atoms with E-state index in [4.69, 9.17) is 4.74 Å². The van der Waals surface area contributed by atoms with Crippen molar-refractivity contribution in [3.63, 3.8) is 0 Å². The average Bonchev–Trinajstić information content (AvgIpc) is 2.57. The molecule has 1 aromatic carbocycles. The predicted octanol–water partition coefficient (Wildman–Crippen LogP) is 2.22. The van der Waals surface area contributed by atoms with E-state index in [2.05, 4.69) is 21.2 Å². The molecule has 0 fully saturated rings. The Morgan fingerprint density at radius 2 is 2.24 bits per heavy atom. The van der Waals surface area contributed by atoms with E-state index in [-0.39, 0.29) is 24.2 Å². The molecule has 1 amide bonds. The zero-order valence-electron chi connectivity index (χ0n) is 9.54. The van der Waals surface area contributed by atoms with E-state index < -0.39 is 0 Å². The molecule has 1 aliphatic heterocycles. The number of rotatable bonds is 3. The van der Waals surface area contributed by atoms with Gasteiger partial charge in [-0.1, -0.05) is 0 Å². The van der Waals surface area contributed by atoms with E-state index in [1.807, 2.05) is 0 Å². The normalized spacial score (nSPS) is 17.6. The molecule has 0 aliphatic carbocycles. The van der Waals surface area contributed by atoms with Gasteiger partial charge in [-0.3, -0.25) is 9.59 Å². The molecule has 1 atom stereocenters. The van der Waals surface area contributed by atoms with E-state index in [0.717, 1.165) is 10.0 Å². The van der Waals surface area contributed by atoms with Crippen molar-refractivity contribution in [3.8, 4) is 5.75 Å². The quantitative estimate of drug-likeness (QED) is 0.931. The molecule has 4 nitrogen and oxygen atoms in total. The number of carbonyl (C=O) groups is 2.